The van der Waals surface area contributed by atoms with E-state index >= 15 is 0 Å². The maximum Gasteiger partial charge on any atom is 0.336 e. The fourth-order valence-corrected chi connectivity index (χ4v) is 2.64. The highest BCUT2D eigenvalue weighted by Gasteiger charge is 2.41. The predicted molar refractivity (Wildman–Crippen MR) is 88.1 cm³/mol. The van der Waals surface area contributed by atoms with Gasteiger partial charge in [0, 0.05) is 15.5 Å². The molecule has 1 fully saturated rings. The molecule has 0 atom stereocenters. The highest BCUT2D eigenvalue weighted by atomic mass is 35.5. The first kappa shape index (κ1) is 16.2. The molecular formula is C14H14Cl2N2O2S. The summed E-state index contributed by atoms with van der Waals surface area (Å²) in [5, 5.41) is 0.713. The third-order valence-corrected chi connectivity index (χ3v) is 4.23. The van der Waals surface area contributed by atoms with E-state index in [4.69, 9.17) is 35.4 Å². The molecule has 21 heavy (non-hydrogen) atoms. The van der Waals surface area contributed by atoms with E-state index in [1.54, 1.807) is 0 Å². The van der Waals surface area contributed by atoms with Crippen molar-refractivity contribution in [3.05, 3.63) is 28.2 Å². The summed E-state index contributed by atoms with van der Waals surface area (Å²) in [6.45, 7) is 5.61. The van der Waals surface area contributed by atoms with Crippen LogP contribution in [-0.4, -0.2) is 28.4 Å². The number of hydrogen-bond donors (Lipinski definition) is 0. The number of hydrogen-bond acceptors (Lipinski definition) is 3. The first-order valence-corrected chi connectivity index (χ1v) is 7.42. The third kappa shape index (κ3) is 3.20. The van der Waals surface area contributed by atoms with E-state index in [0.29, 0.717) is 20.7 Å². The number of thiocarbonyl (C=S) groups is 1. The molecule has 0 spiro atoms. The van der Waals surface area contributed by atoms with Gasteiger partial charge in [-0.1, -0.05) is 56.2 Å². The molecule has 0 radical (unpaired) electrons. The SMILES string of the molecule is CC(C)(C)C(=S)N1CC(=O)N(c2cc(Cl)cc(Cl)c2)C1=O. The predicted octanol–water partition coefficient (Wildman–Crippen LogP) is 4.14. The molecule has 1 saturated heterocycles. The van der Waals surface area contributed by atoms with Crippen LogP contribution in [0.5, 0.6) is 0 Å². The van der Waals surface area contributed by atoms with Gasteiger partial charge < -0.3 is 0 Å². The molecule has 7 heteroatoms. The van der Waals surface area contributed by atoms with Crippen LogP contribution in [0.2, 0.25) is 10.0 Å². The second-order valence-corrected chi connectivity index (χ2v) is 7.04. The highest BCUT2D eigenvalue weighted by Crippen LogP contribution is 2.30. The third-order valence-electron chi connectivity index (χ3n) is 2.96. The summed E-state index contributed by atoms with van der Waals surface area (Å²) in [5.74, 6) is -0.357. The lowest BCUT2D eigenvalue weighted by Crippen LogP contribution is -2.41. The summed E-state index contributed by atoms with van der Waals surface area (Å²) >= 11 is 17.2. The molecule has 0 bridgehead atoms. The molecule has 1 aromatic carbocycles. The molecule has 2 rings (SSSR count). The summed E-state index contributed by atoms with van der Waals surface area (Å²) in [6.07, 6.45) is 0. The zero-order valence-electron chi connectivity index (χ0n) is 11.8. The zero-order valence-corrected chi connectivity index (χ0v) is 14.1. The minimum absolute atomic E-state index is 0.0704. The Morgan fingerprint density at radius 2 is 1.67 bits per heavy atom. The standard InChI is InChI=1S/C14H14Cl2N2O2S/c1-14(2,3)12(21)17-7-11(19)18(13(17)20)10-5-8(15)4-9(16)6-10/h4-6H,7H2,1-3H3. The summed E-state index contributed by atoms with van der Waals surface area (Å²) in [4.78, 5) is 27.4. The van der Waals surface area contributed by atoms with Gasteiger partial charge in [-0.3, -0.25) is 9.69 Å². The summed E-state index contributed by atoms with van der Waals surface area (Å²) < 4.78 is 0. The van der Waals surface area contributed by atoms with Crippen LogP contribution < -0.4 is 4.90 Å². The van der Waals surface area contributed by atoms with Crippen LogP contribution in [0.15, 0.2) is 18.2 Å². The monoisotopic (exact) mass is 344 g/mol. The van der Waals surface area contributed by atoms with Gasteiger partial charge in [0.15, 0.2) is 0 Å². The van der Waals surface area contributed by atoms with Gasteiger partial charge in [-0.25, -0.2) is 9.69 Å². The number of urea groups is 1. The number of amides is 3. The van der Waals surface area contributed by atoms with Crippen molar-refractivity contribution < 1.29 is 9.59 Å². The van der Waals surface area contributed by atoms with E-state index in [1.807, 2.05) is 20.8 Å². The Kier molecular flexibility index (Phi) is 4.29. The van der Waals surface area contributed by atoms with Crippen LogP contribution in [-0.2, 0) is 4.79 Å². The van der Waals surface area contributed by atoms with Crippen molar-refractivity contribution in [1.82, 2.24) is 4.90 Å². The lowest BCUT2D eigenvalue weighted by atomic mass is 9.96. The average Bonchev–Trinajstić information content (AvgIpc) is 2.61. The van der Waals surface area contributed by atoms with Crippen molar-refractivity contribution in [3.8, 4) is 0 Å². The maximum absolute atomic E-state index is 12.5. The largest absolute Gasteiger partial charge is 0.336 e. The lowest BCUT2D eigenvalue weighted by Gasteiger charge is -2.26. The topological polar surface area (TPSA) is 40.6 Å². The molecule has 112 valence electrons. The van der Waals surface area contributed by atoms with Crippen LogP contribution in [0, 0.1) is 5.41 Å². The fraction of sp³-hybridized carbons (Fsp3) is 0.357. The lowest BCUT2D eigenvalue weighted by molar-refractivity contribution is -0.116. The van der Waals surface area contributed by atoms with Crippen LogP contribution in [0.3, 0.4) is 0 Å². The molecule has 3 amide bonds. The van der Waals surface area contributed by atoms with Crippen molar-refractivity contribution in [3.63, 3.8) is 0 Å². The van der Waals surface area contributed by atoms with Gasteiger partial charge in [0.2, 0.25) is 0 Å². The maximum atomic E-state index is 12.5. The van der Waals surface area contributed by atoms with Crippen LogP contribution in [0.1, 0.15) is 20.8 Å². The Bertz CT molecular complexity index is 620. The molecule has 0 aromatic heterocycles. The van der Waals surface area contributed by atoms with Crippen LogP contribution in [0.25, 0.3) is 0 Å². The van der Waals surface area contributed by atoms with Crippen molar-refractivity contribution in [2.75, 3.05) is 11.4 Å². The molecule has 1 aliphatic heterocycles. The summed E-state index contributed by atoms with van der Waals surface area (Å²) in [6, 6.07) is 4.10. The van der Waals surface area contributed by atoms with Gasteiger partial charge in [-0.2, -0.15) is 0 Å². The molecule has 1 heterocycles. The van der Waals surface area contributed by atoms with Crippen molar-refractivity contribution in [1.29, 1.82) is 0 Å². The number of rotatable bonds is 1. The van der Waals surface area contributed by atoms with E-state index in [-0.39, 0.29) is 17.9 Å². The van der Waals surface area contributed by atoms with Gasteiger partial charge in [-0.15, -0.1) is 0 Å². The molecule has 1 aliphatic rings. The smallest absolute Gasteiger partial charge is 0.278 e. The summed E-state index contributed by atoms with van der Waals surface area (Å²) in [7, 11) is 0. The molecule has 1 aromatic rings. The molecule has 0 saturated carbocycles. The van der Waals surface area contributed by atoms with Gasteiger partial charge in [0.1, 0.15) is 6.54 Å². The van der Waals surface area contributed by atoms with Gasteiger partial charge >= 0.3 is 6.03 Å². The van der Waals surface area contributed by atoms with Crippen molar-refractivity contribution in [2.24, 2.45) is 5.41 Å². The number of benzene rings is 1. The number of nitrogens with zero attached hydrogens (tertiary/aromatic N) is 2. The van der Waals surface area contributed by atoms with E-state index < -0.39 is 6.03 Å². The molecule has 0 unspecified atom stereocenters. The van der Waals surface area contributed by atoms with E-state index in [2.05, 4.69) is 0 Å². The molecular weight excluding hydrogens is 331 g/mol. The van der Waals surface area contributed by atoms with Crippen LogP contribution in [0.4, 0.5) is 10.5 Å². The van der Waals surface area contributed by atoms with Crippen molar-refractivity contribution in [2.45, 2.75) is 20.8 Å². The van der Waals surface area contributed by atoms with Gasteiger partial charge in [-0.05, 0) is 18.2 Å². The van der Waals surface area contributed by atoms with Gasteiger partial charge in [0.25, 0.3) is 5.91 Å². The Morgan fingerprint density at radius 1 is 1.14 bits per heavy atom. The second kappa shape index (κ2) is 5.55. The Morgan fingerprint density at radius 3 is 2.14 bits per heavy atom. The number of carbonyl (C=O) groups is 2. The van der Waals surface area contributed by atoms with Gasteiger partial charge in [0.05, 0.1) is 10.7 Å². The molecule has 0 aliphatic carbocycles. The molecule has 4 nitrogen and oxygen atoms in total. The number of halogens is 2. The minimum Gasteiger partial charge on any atom is -0.278 e. The Labute approximate surface area is 138 Å². The number of imide groups is 1. The van der Waals surface area contributed by atoms with Crippen molar-refractivity contribution >= 4 is 58.0 Å². The zero-order chi connectivity index (χ0) is 15.9. The Balaban J connectivity index is 2.37. The van der Waals surface area contributed by atoms with Crippen LogP contribution >= 0.6 is 35.4 Å². The summed E-state index contributed by atoms with van der Waals surface area (Å²) in [5.41, 5.74) is -0.0329. The first-order chi connectivity index (χ1) is 9.61. The normalized spacial score (nSPS) is 15.9. The highest BCUT2D eigenvalue weighted by molar-refractivity contribution is 7.80. The van der Waals surface area contributed by atoms with E-state index in [9.17, 15) is 9.59 Å². The molecule has 0 N–H and O–H groups in total. The van der Waals surface area contributed by atoms with E-state index in [1.165, 1.54) is 23.1 Å². The fourth-order valence-electron chi connectivity index (χ4n) is 1.99. The number of anilines is 1. The number of carbonyl (C=O) groups excluding carboxylic acids is 2. The minimum atomic E-state index is -0.474. The Hall–Kier alpha value is -1.17. The average molecular weight is 345 g/mol. The first-order valence-electron chi connectivity index (χ1n) is 6.26. The second-order valence-electron chi connectivity index (χ2n) is 5.78. The van der Waals surface area contributed by atoms with E-state index in [0.717, 1.165) is 4.90 Å². The quantitative estimate of drug-likeness (QED) is 0.567.